The summed E-state index contributed by atoms with van der Waals surface area (Å²) >= 11 is 1.06. The standard InChI is InChI=1S/C19H17FN2O5S2/c1-3-27-16(23)11-22-17-14(20)5-4-6-15(17)28-19(22)21-18(24)12-7-9-13(10-8-12)29(2,25)26/h4-10H,3,11H2,1-2H3. The van der Waals surface area contributed by atoms with Crippen LogP contribution in [0, 0.1) is 5.82 Å². The fourth-order valence-corrected chi connectivity index (χ4v) is 4.32. The highest BCUT2D eigenvalue weighted by atomic mass is 32.2. The summed E-state index contributed by atoms with van der Waals surface area (Å²) in [6.45, 7) is 1.53. The number of sulfone groups is 1. The van der Waals surface area contributed by atoms with Crippen LogP contribution in [-0.2, 0) is 25.9 Å². The topological polar surface area (TPSA) is 94.8 Å². The first kappa shape index (κ1) is 20.9. The smallest absolute Gasteiger partial charge is 0.326 e. The second-order valence-corrected chi connectivity index (χ2v) is 9.10. The van der Waals surface area contributed by atoms with E-state index in [1.807, 2.05) is 0 Å². The Hall–Kier alpha value is -2.85. The lowest BCUT2D eigenvalue weighted by atomic mass is 10.2. The molecule has 2 aromatic carbocycles. The maximum atomic E-state index is 14.4. The van der Waals surface area contributed by atoms with Crippen LogP contribution in [0.2, 0.25) is 0 Å². The number of carbonyl (C=O) groups is 2. The van der Waals surface area contributed by atoms with E-state index >= 15 is 0 Å². The first-order valence-corrected chi connectivity index (χ1v) is 11.2. The van der Waals surface area contributed by atoms with Crippen molar-refractivity contribution in [1.29, 1.82) is 0 Å². The molecule has 0 unspecified atom stereocenters. The third-order valence-electron chi connectivity index (χ3n) is 3.97. The molecule has 0 bridgehead atoms. The van der Waals surface area contributed by atoms with Crippen molar-refractivity contribution in [2.75, 3.05) is 12.9 Å². The molecule has 0 N–H and O–H groups in total. The zero-order chi connectivity index (χ0) is 21.2. The average molecular weight is 436 g/mol. The quantitative estimate of drug-likeness (QED) is 0.573. The fourth-order valence-electron chi connectivity index (χ4n) is 2.65. The van der Waals surface area contributed by atoms with Gasteiger partial charge in [-0.05, 0) is 43.3 Å². The molecule has 0 saturated carbocycles. The van der Waals surface area contributed by atoms with Crippen molar-refractivity contribution in [3.05, 3.63) is 58.6 Å². The highest BCUT2D eigenvalue weighted by Crippen LogP contribution is 2.20. The predicted octanol–water partition coefficient (Wildman–Crippen LogP) is 2.55. The SMILES string of the molecule is CCOC(=O)Cn1c(=NC(=O)c2ccc(S(C)(=O)=O)cc2)sc2cccc(F)c21. The fraction of sp³-hybridized carbons (Fsp3) is 0.211. The summed E-state index contributed by atoms with van der Waals surface area (Å²) in [5, 5.41) is 0. The van der Waals surface area contributed by atoms with E-state index in [1.165, 1.54) is 41.0 Å². The minimum absolute atomic E-state index is 0.0790. The minimum Gasteiger partial charge on any atom is -0.465 e. The van der Waals surface area contributed by atoms with Crippen molar-refractivity contribution in [2.45, 2.75) is 18.4 Å². The first-order valence-electron chi connectivity index (χ1n) is 8.53. The zero-order valence-electron chi connectivity index (χ0n) is 15.6. The van der Waals surface area contributed by atoms with E-state index in [4.69, 9.17) is 4.74 Å². The Kier molecular flexibility index (Phi) is 5.94. The number of hydrogen-bond acceptors (Lipinski definition) is 6. The van der Waals surface area contributed by atoms with E-state index in [2.05, 4.69) is 4.99 Å². The van der Waals surface area contributed by atoms with E-state index in [1.54, 1.807) is 13.0 Å². The predicted molar refractivity (Wildman–Crippen MR) is 106 cm³/mol. The van der Waals surface area contributed by atoms with Crippen molar-refractivity contribution < 1.29 is 27.1 Å². The minimum atomic E-state index is -3.39. The van der Waals surface area contributed by atoms with Crippen LogP contribution in [0.3, 0.4) is 0 Å². The molecule has 0 spiro atoms. The number of hydrogen-bond donors (Lipinski definition) is 0. The van der Waals surface area contributed by atoms with Gasteiger partial charge in [-0.2, -0.15) is 4.99 Å². The molecule has 152 valence electrons. The van der Waals surface area contributed by atoms with E-state index in [0.29, 0.717) is 4.70 Å². The Morgan fingerprint density at radius 1 is 1.17 bits per heavy atom. The lowest BCUT2D eigenvalue weighted by Gasteiger charge is -2.05. The molecule has 0 aliphatic carbocycles. The van der Waals surface area contributed by atoms with Crippen LogP contribution < -0.4 is 4.80 Å². The number of benzene rings is 2. The number of amides is 1. The number of aromatic nitrogens is 1. The lowest BCUT2D eigenvalue weighted by molar-refractivity contribution is -0.143. The van der Waals surface area contributed by atoms with Crippen LogP contribution in [0.4, 0.5) is 4.39 Å². The lowest BCUT2D eigenvalue weighted by Crippen LogP contribution is -2.23. The Balaban J connectivity index is 2.08. The number of rotatable bonds is 5. The molecule has 1 aromatic heterocycles. The summed E-state index contributed by atoms with van der Waals surface area (Å²) in [5.74, 6) is -1.77. The van der Waals surface area contributed by atoms with Gasteiger partial charge in [0.2, 0.25) is 0 Å². The molecule has 7 nitrogen and oxygen atoms in total. The largest absolute Gasteiger partial charge is 0.465 e. The number of fused-ring (bicyclic) bond motifs is 1. The summed E-state index contributed by atoms with van der Waals surface area (Å²) in [7, 11) is -3.39. The van der Waals surface area contributed by atoms with Crippen LogP contribution in [0.1, 0.15) is 17.3 Å². The number of ether oxygens (including phenoxy) is 1. The molecule has 0 saturated heterocycles. The summed E-state index contributed by atoms with van der Waals surface area (Å²) in [6.07, 6.45) is 1.07. The number of carbonyl (C=O) groups excluding carboxylic acids is 2. The first-order chi connectivity index (χ1) is 13.7. The maximum absolute atomic E-state index is 14.4. The van der Waals surface area contributed by atoms with Gasteiger partial charge in [0.1, 0.15) is 12.4 Å². The molecule has 0 fully saturated rings. The molecule has 0 radical (unpaired) electrons. The number of nitrogens with zero attached hydrogens (tertiary/aromatic N) is 2. The summed E-state index contributed by atoms with van der Waals surface area (Å²) < 4.78 is 44.2. The third-order valence-corrected chi connectivity index (χ3v) is 6.14. The molecule has 3 rings (SSSR count). The van der Waals surface area contributed by atoms with E-state index < -0.39 is 27.5 Å². The highest BCUT2D eigenvalue weighted by molar-refractivity contribution is 7.90. The summed E-state index contributed by atoms with van der Waals surface area (Å²) in [4.78, 5) is 28.8. The van der Waals surface area contributed by atoms with Gasteiger partial charge in [-0.15, -0.1) is 0 Å². The van der Waals surface area contributed by atoms with E-state index in [9.17, 15) is 22.4 Å². The van der Waals surface area contributed by atoms with Crippen molar-refractivity contribution >= 4 is 43.3 Å². The number of esters is 1. The molecule has 10 heteroatoms. The van der Waals surface area contributed by atoms with Gasteiger partial charge in [0.05, 0.1) is 21.7 Å². The van der Waals surface area contributed by atoms with Crippen LogP contribution in [-0.4, -0.2) is 37.7 Å². The van der Waals surface area contributed by atoms with Crippen LogP contribution >= 0.6 is 11.3 Å². The van der Waals surface area contributed by atoms with Crippen molar-refractivity contribution in [1.82, 2.24) is 4.57 Å². The molecule has 0 aliphatic heterocycles. The Bertz CT molecular complexity index is 1260. The molecule has 0 aliphatic rings. The van der Waals surface area contributed by atoms with Gasteiger partial charge in [-0.25, -0.2) is 12.8 Å². The van der Waals surface area contributed by atoms with E-state index in [0.717, 1.165) is 17.6 Å². The number of thiazole rings is 1. The Morgan fingerprint density at radius 3 is 2.48 bits per heavy atom. The molecule has 1 heterocycles. The van der Waals surface area contributed by atoms with Crippen molar-refractivity contribution in [3.8, 4) is 0 Å². The van der Waals surface area contributed by atoms with Crippen LogP contribution in [0.15, 0.2) is 52.4 Å². The molecular formula is C19H17FN2O5S2. The Morgan fingerprint density at radius 2 is 1.86 bits per heavy atom. The molecular weight excluding hydrogens is 419 g/mol. The van der Waals surface area contributed by atoms with Crippen molar-refractivity contribution in [3.63, 3.8) is 0 Å². The van der Waals surface area contributed by atoms with Gasteiger partial charge in [0, 0.05) is 11.8 Å². The molecule has 0 atom stereocenters. The average Bonchev–Trinajstić information content (AvgIpc) is 2.99. The van der Waals surface area contributed by atoms with Gasteiger partial charge < -0.3 is 9.30 Å². The van der Waals surface area contributed by atoms with Gasteiger partial charge >= 0.3 is 5.97 Å². The van der Waals surface area contributed by atoms with Gasteiger partial charge in [-0.1, -0.05) is 17.4 Å². The highest BCUT2D eigenvalue weighted by Gasteiger charge is 2.16. The van der Waals surface area contributed by atoms with Gasteiger partial charge in [-0.3, -0.25) is 9.59 Å². The summed E-state index contributed by atoms with van der Waals surface area (Å²) in [6, 6.07) is 9.78. The molecule has 1 amide bonds. The third kappa shape index (κ3) is 4.60. The second kappa shape index (κ2) is 8.26. The normalized spacial score (nSPS) is 12.3. The van der Waals surface area contributed by atoms with Gasteiger partial charge in [0.15, 0.2) is 14.6 Å². The molecule has 3 aromatic rings. The number of para-hydroxylation sites is 1. The van der Waals surface area contributed by atoms with Crippen LogP contribution in [0.25, 0.3) is 10.2 Å². The summed E-state index contributed by atoms with van der Waals surface area (Å²) in [5.41, 5.74) is 0.322. The maximum Gasteiger partial charge on any atom is 0.326 e. The van der Waals surface area contributed by atoms with E-state index in [-0.39, 0.29) is 33.9 Å². The van der Waals surface area contributed by atoms with Crippen LogP contribution in [0.5, 0.6) is 0 Å². The van der Waals surface area contributed by atoms with Gasteiger partial charge in [0.25, 0.3) is 5.91 Å². The Labute approximate surface area is 170 Å². The monoisotopic (exact) mass is 436 g/mol. The second-order valence-electron chi connectivity index (χ2n) is 6.08. The zero-order valence-corrected chi connectivity index (χ0v) is 17.2. The van der Waals surface area contributed by atoms with Crippen molar-refractivity contribution in [2.24, 2.45) is 4.99 Å². The molecule has 29 heavy (non-hydrogen) atoms. The number of halogens is 1.